The standard InChI is InChI=1S/C20H22BrNO4S/c1-4-25-19(24)15-13-10-20(2,3)26-11-14(13)27-18(15)22-17(23)16(21)12-8-6-5-7-9-12/h5-9,16H,4,10-11H2,1-3H3,(H,22,23)/t16-/m1/s1. The van der Waals surface area contributed by atoms with Crippen LogP contribution in [0, 0.1) is 0 Å². The summed E-state index contributed by atoms with van der Waals surface area (Å²) in [6.45, 7) is 6.45. The smallest absolute Gasteiger partial charge is 0.341 e. The molecule has 0 spiro atoms. The van der Waals surface area contributed by atoms with Crippen LogP contribution in [0.15, 0.2) is 30.3 Å². The zero-order valence-corrected chi connectivity index (χ0v) is 17.9. The fourth-order valence-corrected chi connectivity index (χ4v) is 4.55. The van der Waals surface area contributed by atoms with E-state index in [1.54, 1.807) is 6.92 Å². The molecule has 7 heteroatoms. The maximum Gasteiger partial charge on any atom is 0.341 e. The molecule has 1 aliphatic heterocycles. The van der Waals surface area contributed by atoms with Crippen molar-refractivity contribution in [2.24, 2.45) is 0 Å². The number of fused-ring (bicyclic) bond motifs is 1. The summed E-state index contributed by atoms with van der Waals surface area (Å²) in [6, 6.07) is 9.41. The highest BCUT2D eigenvalue weighted by Gasteiger charge is 2.34. The first-order valence-electron chi connectivity index (χ1n) is 8.78. The average Bonchev–Trinajstić information content (AvgIpc) is 2.97. The number of alkyl halides is 1. The number of carbonyl (C=O) groups is 2. The van der Waals surface area contributed by atoms with Crippen LogP contribution >= 0.6 is 27.3 Å². The Morgan fingerprint density at radius 3 is 2.70 bits per heavy atom. The highest BCUT2D eigenvalue weighted by molar-refractivity contribution is 9.09. The van der Waals surface area contributed by atoms with Crippen LogP contribution in [0.25, 0.3) is 0 Å². The molecule has 0 unspecified atom stereocenters. The number of anilines is 1. The fraction of sp³-hybridized carbons (Fsp3) is 0.400. The molecule has 1 N–H and O–H groups in total. The SMILES string of the molecule is CCOC(=O)c1c(NC(=O)[C@H](Br)c2ccccc2)sc2c1CC(C)(C)OC2. The predicted molar refractivity (Wildman–Crippen MR) is 110 cm³/mol. The Labute approximate surface area is 171 Å². The van der Waals surface area contributed by atoms with E-state index >= 15 is 0 Å². The molecule has 3 rings (SSSR count). The largest absolute Gasteiger partial charge is 0.462 e. The Morgan fingerprint density at radius 1 is 1.33 bits per heavy atom. The highest BCUT2D eigenvalue weighted by atomic mass is 79.9. The van der Waals surface area contributed by atoms with Gasteiger partial charge in [0.1, 0.15) is 9.83 Å². The molecule has 0 aliphatic carbocycles. The Kier molecular flexibility index (Phi) is 6.03. The van der Waals surface area contributed by atoms with Gasteiger partial charge in [0, 0.05) is 11.3 Å². The molecule has 1 aromatic carbocycles. The topological polar surface area (TPSA) is 64.6 Å². The van der Waals surface area contributed by atoms with Crippen molar-refractivity contribution in [1.29, 1.82) is 0 Å². The van der Waals surface area contributed by atoms with E-state index in [0.29, 0.717) is 23.6 Å². The molecule has 0 fully saturated rings. The number of benzene rings is 1. The summed E-state index contributed by atoms with van der Waals surface area (Å²) in [5.74, 6) is -0.639. The van der Waals surface area contributed by atoms with E-state index in [9.17, 15) is 9.59 Å². The Bertz CT molecular complexity index is 847. The van der Waals surface area contributed by atoms with Crippen molar-refractivity contribution in [2.45, 2.75) is 44.2 Å². The van der Waals surface area contributed by atoms with E-state index in [-0.39, 0.29) is 18.1 Å². The van der Waals surface area contributed by atoms with Crippen molar-refractivity contribution in [3.8, 4) is 0 Å². The van der Waals surface area contributed by atoms with Crippen LogP contribution in [0.3, 0.4) is 0 Å². The number of amides is 1. The van der Waals surface area contributed by atoms with E-state index in [0.717, 1.165) is 16.0 Å². The number of carbonyl (C=O) groups excluding carboxylic acids is 2. The first kappa shape index (κ1) is 20.0. The lowest BCUT2D eigenvalue weighted by Crippen LogP contribution is -2.32. The second-order valence-electron chi connectivity index (χ2n) is 6.92. The second kappa shape index (κ2) is 8.12. The van der Waals surface area contributed by atoms with Crippen LogP contribution in [-0.2, 0) is 27.3 Å². The van der Waals surface area contributed by atoms with Gasteiger partial charge >= 0.3 is 5.97 Å². The second-order valence-corrected chi connectivity index (χ2v) is 8.94. The minimum absolute atomic E-state index is 0.231. The van der Waals surface area contributed by atoms with Gasteiger partial charge in [-0.1, -0.05) is 46.3 Å². The molecule has 1 aliphatic rings. The lowest BCUT2D eigenvalue weighted by Gasteiger charge is -2.30. The number of thiophene rings is 1. The van der Waals surface area contributed by atoms with Crippen molar-refractivity contribution in [1.82, 2.24) is 0 Å². The van der Waals surface area contributed by atoms with Crippen LogP contribution in [-0.4, -0.2) is 24.1 Å². The van der Waals surface area contributed by atoms with Gasteiger partial charge in [0.05, 0.1) is 24.4 Å². The summed E-state index contributed by atoms with van der Waals surface area (Å²) in [7, 11) is 0. The summed E-state index contributed by atoms with van der Waals surface area (Å²) in [6.07, 6.45) is 0.597. The molecule has 5 nitrogen and oxygen atoms in total. The van der Waals surface area contributed by atoms with Crippen LogP contribution in [0.1, 0.15) is 52.0 Å². The van der Waals surface area contributed by atoms with Crippen LogP contribution in [0.4, 0.5) is 5.00 Å². The number of hydrogen-bond acceptors (Lipinski definition) is 5. The summed E-state index contributed by atoms with van der Waals surface area (Å²) >= 11 is 4.82. The van der Waals surface area contributed by atoms with Gasteiger partial charge in [0.2, 0.25) is 5.91 Å². The van der Waals surface area contributed by atoms with Crippen molar-refractivity contribution in [3.63, 3.8) is 0 Å². The van der Waals surface area contributed by atoms with Gasteiger partial charge in [-0.15, -0.1) is 11.3 Å². The number of rotatable bonds is 5. The predicted octanol–water partition coefficient (Wildman–Crippen LogP) is 4.85. The molecular formula is C20H22BrNO4S. The average molecular weight is 452 g/mol. The van der Waals surface area contributed by atoms with Crippen LogP contribution in [0.5, 0.6) is 0 Å². The lowest BCUT2D eigenvalue weighted by atomic mass is 9.93. The summed E-state index contributed by atoms with van der Waals surface area (Å²) in [5.41, 5.74) is 1.85. The summed E-state index contributed by atoms with van der Waals surface area (Å²) < 4.78 is 11.1. The molecule has 0 bridgehead atoms. The summed E-state index contributed by atoms with van der Waals surface area (Å²) in [4.78, 5) is 25.8. The monoisotopic (exact) mass is 451 g/mol. The summed E-state index contributed by atoms with van der Waals surface area (Å²) in [5, 5.41) is 3.43. The van der Waals surface area contributed by atoms with E-state index in [4.69, 9.17) is 9.47 Å². The van der Waals surface area contributed by atoms with Gasteiger partial charge in [-0.25, -0.2) is 4.79 Å². The van der Waals surface area contributed by atoms with E-state index in [1.165, 1.54) is 11.3 Å². The van der Waals surface area contributed by atoms with Gasteiger partial charge in [-0.05, 0) is 31.9 Å². The Hall–Kier alpha value is -1.70. The number of nitrogens with one attached hydrogen (secondary N) is 1. The van der Waals surface area contributed by atoms with Gasteiger partial charge in [-0.2, -0.15) is 0 Å². The first-order valence-corrected chi connectivity index (χ1v) is 10.5. The van der Waals surface area contributed by atoms with Gasteiger partial charge < -0.3 is 14.8 Å². The lowest BCUT2D eigenvalue weighted by molar-refractivity contribution is -0.115. The van der Waals surface area contributed by atoms with E-state index in [2.05, 4.69) is 21.2 Å². The minimum Gasteiger partial charge on any atom is -0.462 e. The quantitative estimate of drug-likeness (QED) is 0.521. The number of esters is 1. The normalized spacial score (nSPS) is 16.3. The van der Waals surface area contributed by atoms with Crippen molar-refractivity contribution < 1.29 is 19.1 Å². The molecule has 0 saturated heterocycles. The van der Waals surface area contributed by atoms with Crippen molar-refractivity contribution >= 4 is 44.1 Å². The highest BCUT2D eigenvalue weighted by Crippen LogP contribution is 2.41. The third kappa shape index (κ3) is 4.42. The Morgan fingerprint density at radius 2 is 2.04 bits per heavy atom. The van der Waals surface area contributed by atoms with Crippen LogP contribution < -0.4 is 5.32 Å². The van der Waals surface area contributed by atoms with Crippen molar-refractivity contribution in [2.75, 3.05) is 11.9 Å². The van der Waals surface area contributed by atoms with Gasteiger partial charge in [-0.3, -0.25) is 4.79 Å². The molecule has 1 amide bonds. The minimum atomic E-state index is -0.513. The molecule has 2 heterocycles. The van der Waals surface area contributed by atoms with E-state index in [1.807, 2.05) is 44.2 Å². The van der Waals surface area contributed by atoms with Gasteiger partial charge in [0.25, 0.3) is 0 Å². The zero-order chi connectivity index (χ0) is 19.6. The maximum atomic E-state index is 12.8. The molecule has 1 aromatic heterocycles. The van der Waals surface area contributed by atoms with E-state index < -0.39 is 10.8 Å². The molecular weight excluding hydrogens is 430 g/mol. The maximum absolute atomic E-state index is 12.8. The third-order valence-electron chi connectivity index (χ3n) is 4.33. The molecule has 27 heavy (non-hydrogen) atoms. The van der Waals surface area contributed by atoms with Crippen LogP contribution in [0.2, 0.25) is 0 Å². The number of halogens is 1. The zero-order valence-electron chi connectivity index (χ0n) is 15.5. The molecule has 144 valence electrons. The fourth-order valence-electron chi connectivity index (χ4n) is 3.01. The molecule has 0 radical (unpaired) electrons. The third-order valence-corrected chi connectivity index (χ3v) is 6.39. The molecule has 1 atom stereocenters. The molecule has 2 aromatic rings. The number of ether oxygens (including phenoxy) is 2. The van der Waals surface area contributed by atoms with Gasteiger partial charge in [0.15, 0.2) is 0 Å². The number of hydrogen-bond donors (Lipinski definition) is 1. The Balaban J connectivity index is 1.92. The molecule has 0 saturated carbocycles. The van der Waals surface area contributed by atoms with Crippen molar-refractivity contribution in [3.05, 3.63) is 51.9 Å². The first-order chi connectivity index (χ1) is 12.8.